The van der Waals surface area contributed by atoms with Gasteiger partial charge in [0.1, 0.15) is 5.01 Å². The summed E-state index contributed by atoms with van der Waals surface area (Å²) >= 11 is 1.82. The molecule has 1 aromatic heterocycles. The lowest BCUT2D eigenvalue weighted by Gasteiger charge is -2.14. The van der Waals surface area contributed by atoms with Crippen LogP contribution >= 0.6 is 11.3 Å². The topological polar surface area (TPSA) is 48.7 Å². The van der Waals surface area contributed by atoms with Crippen LogP contribution in [0.3, 0.4) is 0 Å². The molecule has 0 saturated carbocycles. The van der Waals surface area contributed by atoms with E-state index in [2.05, 4.69) is 16.4 Å². The van der Waals surface area contributed by atoms with Crippen molar-refractivity contribution in [3.8, 4) is 6.07 Å². The van der Waals surface area contributed by atoms with Crippen molar-refractivity contribution in [2.45, 2.75) is 39.7 Å². The van der Waals surface area contributed by atoms with Gasteiger partial charge in [-0.3, -0.25) is 0 Å². The molecule has 0 unspecified atom stereocenters. The van der Waals surface area contributed by atoms with Crippen molar-refractivity contribution in [1.29, 1.82) is 5.26 Å². The van der Waals surface area contributed by atoms with Crippen LogP contribution in [0.5, 0.6) is 0 Å². The number of aryl methyl sites for hydroxylation is 2. The number of rotatable bonds is 4. The van der Waals surface area contributed by atoms with Gasteiger partial charge in [0.05, 0.1) is 17.2 Å². The third kappa shape index (κ3) is 2.60. The number of hydrogen-bond acceptors (Lipinski definition) is 4. The molecule has 0 saturated heterocycles. The molecular weight excluding hydrogens is 218 g/mol. The van der Waals surface area contributed by atoms with E-state index in [0.29, 0.717) is 6.54 Å². The van der Waals surface area contributed by atoms with Gasteiger partial charge in [0, 0.05) is 18.0 Å². The predicted molar refractivity (Wildman–Crippen MR) is 65.2 cm³/mol. The van der Waals surface area contributed by atoms with Crippen LogP contribution in [-0.2, 0) is 19.4 Å². The maximum absolute atomic E-state index is 8.88. The van der Waals surface area contributed by atoms with Crippen molar-refractivity contribution in [2.24, 2.45) is 5.41 Å². The standard InChI is InChI=1S/C12H17N3S/c1-12(2,7-13)8-14-6-11-15-9-4-3-5-10(9)16-11/h14H,3-6,8H2,1-2H3. The van der Waals surface area contributed by atoms with E-state index in [-0.39, 0.29) is 5.41 Å². The SMILES string of the molecule is CC(C)(C#N)CNCc1nc2c(s1)CCC2. The highest BCUT2D eigenvalue weighted by Crippen LogP contribution is 2.27. The summed E-state index contributed by atoms with van der Waals surface area (Å²) in [5.41, 5.74) is 1.02. The van der Waals surface area contributed by atoms with Crippen LogP contribution in [-0.4, -0.2) is 11.5 Å². The van der Waals surface area contributed by atoms with Gasteiger partial charge in [-0.1, -0.05) is 0 Å². The summed E-state index contributed by atoms with van der Waals surface area (Å²) in [5.74, 6) is 0. The Morgan fingerprint density at radius 1 is 1.50 bits per heavy atom. The molecule has 2 rings (SSSR count). The number of thiazole rings is 1. The average molecular weight is 235 g/mol. The molecule has 16 heavy (non-hydrogen) atoms. The minimum absolute atomic E-state index is 0.292. The lowest BCUT2D eigenvalue weighted by molar-refractivity contribution is 0.444. The lowest BCUT2D eigenvalue weighted by atomic mass is 9.96. The lowest BCUT2D eigenvalue weighted by Crippen LogP contribution is -2.27. The van der Waals surface area contributed by atoms with Gasteiger partial charge in [0.15, 0.2) is 0 Å². The Hall–Kier alpha value is -0.920. The maximum Gasteiger partial charge on any atom is 0.107 e. The number of hydrogen-bond donors (Lipinski definition) is 1. The van der Waals surface area contributed by atoms with Gasteiger partial charge < -0.3 is 5.32 Å². The zero-order valence-corrected chi connectivity index (χ0v) is 10.7. The Bertz CT molecular complexity index is 393. The van der Waals surface area contributed by atoms with E-state index in [9.17, 15) is 0 Å². The molecule has 86 valence electrons. The van der Waals surface area contributed by atoms with Crippen LogP contribution in [0.4, 0.5) is 0 Å². The molecule has 0 aliphatic heterocycles. The third-order valence-corrected chi connectivity index (χ3v) is 3.94. The molecule has 1 aromatic rings. The molecule has 0 aromatic carbocycles. The first-order chi connectivity index (χ1) is 7.61. The Morgan fingerprint density at radius 2 is 2.31 bits per heavy atom. The minimum Gasteiger partial charge on any atom is -0.309 e. The first kappa shape index (κ1) is 11.6. The minimum atomic E-state index is -0.292. The van der Waals surface area contributed by atoms with Crippen LogP contribution in [0.15, 0.2) is 0 Å². The molecule has 0 atom stereocenters. The zero-order valence-electron chi connectivity index (χ0n) is 9.84. The Labute approximate surface area is 101 Å². The second-order valence-electron chi connectivity index (χ2n) is 4.93. The number of nitrogens with one attached hydrogen (secondary N) is 1. The van der Waals surface area contributed by atoms with E-state index in [4.69, 9.17) is 5.26 Å². The van der Waals surface area contributed by atoms with Crippen LogP contribution in [0.25, 0.3) is 0 Å². The van der Waals surface area contributed by atoms with Crippen LogP contribution in [0, 0.1) is 16.7 Å². The van der Waals surface area contributed by atoms with Gasteiger partial charge in [-0.25, -0.2) is 4.98 Å². The molecule has 1 aliphatic rings. The second kappa shape index (κ2) is 4.52. The van der Waals surface area contributed by atoms with Gasteiger partial charge in [0.25, 0.3) is 0 Å². The molecule has 0 amide bonds. The van der Waals surface area contributed by atoms with E-state index in [0.717, 1.165) is 13.0 Å². The number of aromatic nitrogens is 1. The molecule has 1 aliphatic carbocycles. The summed E-state index contributed by atoms with van der Waals surface area (Å²) in [7, 11) is 0. The van der Waals surface area contributed by atoms with Crippen molar-refractivity contribution in [3.05, 3.63) is 15.6 Å². The molecule has 0 radical (unpaired) electrons. The van der Waals surface area contributed by atoms with Crippen molar-refractivity contribution < 1.29 is 0 Å². The summed E-state index contributed by atoms with van der Waals surface area (Å²) in [4.78, 5) is 6.08. The van der Waals surface area contributed by atoms with Crippen molar-refractivity contribution in [3.63, 3.8) is 0 Å². The molecule has 0 fully saturated rings. The summed E-state index contributed by atoms with van der Waals surface area (Å²) in [6, 6.07) is 2.29. The largest absolute Gasteiger partial charge is 0.309 e. The second-order valence-corrected chi connectivity index (χ2v) is 6.10. The molecule has 0 spiro atoms. The zero-order chi connectivity index (χ0) is 11.6. The van der Waals surface area contributed by atoms with E-state index >= 15 is 0 Å². The highest BCUT2D eigenvalue weighted by Gasteiger charge is 2.18. The van der Waals surface area contributed by atoms with E-state index < -0.39 is 0 Å². The summed E-state index contributed by atoms with van der Waals surface area (Å²) in [6.45, 7) is 5.40. The first-order valence-electron chi connectivity index (χ1n) is 5.70. The Morgan fingerprint density at radius 3 is 3.00 bits per heavy atom. The van der Waals surface area contributed by atoms with E-state index in [1.807, 2.05) is 25.2 Å². The predicted octanol–water partition coefficient (Wildman–Crippen LogP) is 2.27. The Kier molecular flexibility index (Phi) is 3.27. The fourth-order valence-corrected chi connectivity index (χ4v) is 2.97. The smallest absolute Gasteiger partial charge is 0.107 e. The highest BCUT2D eigenvalue weighted by atomic mass is 32.1. The summed E-state index contributed by atoms with van der Waals surface area (Å²) in [6.07, 6.45) is 3.62. The summed E-state index contributed by atoms with van der Waals surface area (Å²) in [5, 5.41) is 13.4. The fourth-order valence-electron chi connectivity index (χ4n) is 1.84. The van der Waals surface area contributed by atoms with Gasteiger partial charge in [-0.15, -0.1) is 11.3 Å². The molecular formula is C12H17N3S. The van der Waals surface area contributed by atoms with E-state index in [1.54, 1.807) is 0 Å². The molecule has 1 heterocycles. The molecule has 1 N–H and O–H groups in total. The van der Waals surface area contributed by atoms with Crippen LogP contribution in [0.1, 0.15) is 35.8 Å². The number of nitrogens with zero attached hydrogens (tertiary/aromatic N) is 2. The van der Waals surface area contributed by atoms with Crippen LogP contribution in [0.2, 0.25) is 0 Å². The van der Waals surface area contributed by atoms with Crippen molar-refractivity contribution in [2.75, 3.05) is 6.54 Å². The Balaban J connectivity index is 1.84. The first-order valence-corrected chi connectivity index (χ1v) is 6.52. The maximum atomic E-state index is 8.88. The van der Waals surface area contributed by atoms with Gasteiger partial charge in [-0.2, -0.15) is 5.26 Å². The van der Waals surface area contributed by atoms with Crippen molar-refractivity contribution >= 4 is 11.3 Å². The number of fused-ring (bicyclic) bond motifs is 1. The molecule has 4 heteroatoms. The van der Waals surface area contributed by atoms with Crippen molar-refractivity contribution in [1.82, 2.24) is 10.3 Å². The normalized spacial score (nSPS) is 14.8. The molecule has 3 nitrogen and oxygen atoms in total. The van der Waals surface area contributed by atoms with Crippen LogP contribution < -0.4 is 5.32 Å². The van der Waals surface area contributed by atoms with Gasteiger partial charge in [0.2, 0.25) is 0 Å². The van der Waals surface area contributed by atoms with Gasteiger partial charge in [-0.05, 0) is 33.1 Å². The average Bonchev–Trinajstić information content (AvgIpc) is 2.77. The van der Waals surface area contributed by atoms with E-state index in [1.165, 1.54) is 28.4 Å². The summed E-state index contributed by atoms with van der Waals surface area (Å²) < 4.78 is 0. The quantitative estimate of drug-likeness (QED) is 0.871. The fraction of sp³-hybridized carbons (Fsp3) is 0.667. The third-order valence-electron chi connectivity index (χ3n) is 2.79. The monoisotopic (exact) mass is 235 g/mol. The number of nitriles is 1. The van der Waals surface area contributed by atoms with Gasteiger partial charge >= 0.3 is 0 Å². The highest BCUT2D eigenvalue weighted by molar-refractivity contribution is 7.11. The molecule has 0 bridgehead atoms.